The molecule has 0 heterocycles. The molecule has 104 valence electrons. The molecule has 2 nitrogen and oxygen atoms in total. The van der Waals surface area contributed by atoms with Crippen molar-refractivity contribution in [2.75, 3.05) is 6.61 Å². The Morgan fingerprint density at radius 3 is 2.50 bits per heavy atom. The van der Waals surface area contributed by atoms with Gasteiger partial charge in [-0.2, -0.15) is 0 Å². The van der Waals surface area contributed by atoms with Gasteiger partial charge in [-0.05, 0) is 38.1 Å². The summed E-state index contributed by atoms with van der Waals surface area (Å²) in [5.74, 6) is -1.71. The van der Waals surface area contributed by atoms with E-state index in [1.807, 2.05) is 13.0 Å². The minimum atomic E-state index is -0.876. The molecule has 0 N–H and O–H groups in total. The van der Waals surface area contributed by atoms with Crippen LogP contribution in [0.3, 0.4) is 0 Å². The van der Waals surface area contributed by atoms with Crippen LogP contribution >= 0.6 is 0 Å². The normalized spacial score (nSPS) is 10.4. The molecule has 20 heavy (non-hydrogen) atoms. The van der Waals surface area contributed by atoms with Gasteiger partial charge >= 0.3 is 0 Å². The summed E-state index contributed by atoms with van der Waals surface area (Å²) in [7, 11) is 0. The number of hydrogen-bond donors (Lipinski definition) is 0. The molecule has 0 spiro atoms. The predicted molar refractivity (Wildman–Crippen MR) is 72.1 cm³/mol. The highest BCUT2D eigenvalue weighted by atomic mass is 19.1. The second kappa shape index (κ2) is 5.82. The van der Waals surface area contributed by atoms with Crippen LogP contribution in [0.25, 0.3) is 0 Å². The van der Waals surface area contributed by atoms with Gasteiger partial charge in [-0.1, -0.05) is 11.6 Å². The van der Waals surface area contributed by atoms with E-state index >= 15 is 0 Å². The average Bonchev–Trinajstić information content (AvgIpc) is 2.40. The molecule has 0 aliphatic rings. The molecule has 0 radical (unpaired) electrons. The number of carbonyl (C=O) groups excluding carboxylic acids is 1. The Morgan fingerprint density at radius 1 is 1.10 bits per heavy atom. The van der Waals surface area contributed by atoms with E-state index in [0.29, 0.717) is 18.4 Å². The molecule has 2 aromatic rings. The zero-order chi connectivity index (χ0) is 14.7. The molecule has 0 saturated heterocycles. The number of hydrogen-bond acceptors (Lipinski definition) is 2. The fourth-order valence-corrected chi connectivity index (χ4v) is 1.92. The minimum Gasteiger partial charge on any atom is -0.493 e. The van der Waals surface area contributed by atoms with E-state index in [-0.39, 0.29) is 11.1 Å². The van der Waals surface area contributed by atoms with E-state index in [1.165, 1.54) is 0 Å². The van der Waals surface area contributed by atoms with Crippen molar-refractivity contribution >= 4 is 5.78 Å². The second-order valence-corrected chi connectivity index (χ2v) is 4.39. The van der Waals surface area contributed by atoms with Crippen molar-refractivity contribution in [3.63, 3.8) is 0 Å². The fraction of sp³-hybridized carbons (Fsp3) is 0.188. The maximum Gasteiger partial charge on any atom is 0.199 e. The number of benzene rings is 2. The monoisotopic (exact) mass is 276 g/mol. The van der Waals surface area contributed by atoms with Crippen LogP contribution in [0.15, 0.2) is 36.4 Å². The Bertz CT molecular complexity index is 651. The lowest BCUT2D eigenvalue weighted by molar-refractivity contribution is 0.103. The molecule has 2 rings (SSSR count). The van der Waals surface area contributed by atoms with E-state index < -0.39 is 17.4 Å². The summed E-state index contributed by atoms with van der Waals surface area (Å²) in [6.07, 6.45) is 0. The van der Waals surface area contributed by atoms with Crippen LogP contribution in [0.5, 0.6) is 5.75 Å². The van der Waals surface area contributed by atoms with Crippen LogP contribution in [0.1, 0.15) is 28.4 Å². The molecule has 0 aliphatic carbocycles. The summed E-state index contributed by atoms with van der Waals surface area (Å²) >= 11 is 0. The van der Waals surface area contributed by atoms with Gasteiger partial charge in [0.25, 0.3) is 0 Å². The Hall–Kier alpha value is -2.23. The van der Waals surface area contributed by atoms with Crippen molar-refractivity contribution in [1.29, 1.82) is 0 Å². The van der Waals surface area contributed by atoms with Gasteiger partial charge in [0.05, 0.1) is 17.7 Å². The molecule has 0 saturated carbocycles. The van der Waals surface area contributed by atoms with Crippen molar-refractivity contribution in [2.24, 2.45) is 0 Å². The minimum absolute atomic E-state index is 0.169. The largest absolute Gasteiger partial charge is 0.493 e. The topological polar surface area (TPSA) is 26.3 Å². The van der Waals surface area contributed by atoms with Crippen molar-refractivity contribution in [3.05, 3.63) is 64.7 Å². The Kier molecular flexibility index (Phi) is 4.13. The number of ether oxygens (including phenoxy) is 1. The molecular formula is C16H14F2O2. The quantitative estimate of drug-likeness (QED) is 0.792. The third kappa shape index (κ3) is 2.85. The third-order valence-electron chi connectivity index (χ3n) is 2.86. The Morgan fingerprint density at radius 2 is 1.85 bits per heavy atom. The third-order valence-corrected chi connectivity index (χ3v) is 2.86. The van der Waals surface area contributed by atoms with E-state index in [2.05, 4.69) is 0 Å². The van der Waals surface area contributed by atoms with Crippen molar-refractivity contribution in [1.82, 2.24) is 0 Å². The van der Waals surface area contributed by atoms with Gasteiger partial charge in [-0.15, -0.1) is 0 Å². The summed E-state index contributed by atoms with van der Waals surface area (Å²) in [5.41, 5.74) is 0.967. The summed E-state index contributed by atoms with van der Waals surface area (Å²) in [4.78, 5) is 12.4. The Labute approximate surface area is 116 Å². The lowest BCUT2D eigenvalue weighted by Crippen LogP contribution is -2.08. The van der Waals surface area contributed by atoms with Gasteiger partial charge in [0.1, 0.15) is 17.4 Å². The van der Waals surface area contributed by atoms with Gasteiger partial charge in [0.15, 0.2) is 5.78 Å². The van der Waals surface area contributed by atoms with Crippen LogP contribution in [0.4, 0.5) is 8.78 Å². The lowest BCUT2D eigenvalue weighted by Gasteiger charge is -2.11. The van der Waals surface area contributed by atoms with Gasteiger partial charge < -0.3 is 4.74 Å². The van der Waals surface area contributed by atoms with Crippen LogP contribution in [-0.2, 0) is 0 Å². The average molecular weight is 276 g/mol. The number of halogens is 2. The van der Waals surface area contributed by atoms with Crippen LogP contribution in [-0.4, -0.2) is 12.4 Å². The highest BCUT2D eigenvalue weighted by molar-refractivity contribution is 6.11. The van der Waals surface area contributed by atoms with Gasteiger partial charge in [0.2, 0.25) is 0 Å². The van der Waals surface area contributed by atoms with Crippen LogP contribution in [0, 0.1) is 18.6 Å². The fourth-order valence-electron chi connectivity index (χ4n) is 1.92. The first-order chi connectivity index (χ1) is 9.52. The summed E-state index contributed by atoms with van der Waals surface area (Å²) in [6.45, 7) is 4.02. The van der Waals surface area contributed by atoms with Crippen molar-refractivity contribution < 1.29 is 18.3 Å². The SMILES string of the molecule is CCOc1ccc(C)cc1C(=O)c1ccc(F)cc1F. The number of carbonyl (C=O) groups is 1. The van der Waals surface area contributed by atoms with E-state index in [1.54, 1.807) is 19.1 Å². The molecule has 0 fully saturated rings. The Balaban J connectivity index is 2.49. The first-order valence-corrected chi connectivity index (χ1v) is 6.26. The molecule has 0 unspecified atom stereocenters. The maximum atomic E-state index is 13.7. The lowest BCUT2D eigenvalue weighted by atomic mass is 10.00. The van der Waals surface area contributed by atoms with Gasteiger partial charge in [-0.25, -0.2) is 8.78 Å². The summed E-state index contributed by atoms with van der Waals surface area (Å²) in [5, 5.41) is 0. The zero-order valence-corrected chi connectivity index (χ0v) is 11.2. The summed E-state index contributed by atoms with van der Waals surface area (Å²) in [6, 6.07) is 8.02. The highest BCUT2D eigenvalue weighted by Gasteiger charge is 2.18. The van der Waals surface area contributed by atoms with E-state index in [0.717, 1.165) is 17.7 Å². The molecular weight excluding hydrogens is 262 g/mol. The molecule has 0 aliphatic heterocycles. The molecule has 0 aromatic heterocycles. The molecule has 2 aromatic carbocycles. The van der Waals surface area contributed by atoms with Crippen molar-refractivity contribution in [2.45, 2.75) is 13.8 Å². The highest BCUT2D eigenvalue weighted by Crippen LogP contribution is 2.24. The van der Waals surface area contributed by atoms with Gasteiger partial charge in [0, 0.05) is 6.07 Å². The first-order valence-electron chi connectivity index (χ1n) is 6.26. The predicted octanol–water partition coefficient (Wildman–Crippen LogP) is 3.90. The first kappa shape index (κ1) is 14.2. The van der Waals surface area contributed by atoms with Crippen LogP contribution < -0.4 is 4.74 Å². The molecule has 4 heteroatoms. The molecule has 0 atom stereocenters. The number of ketones is 1. The smallest absolute Gasteiger partial charge is 0.199 e. The van der Waals surface area contributed by atoms with Gasteiger partial charge in [-0.3, -0.25) is 4.79 Å². The standard InChI is InChI=1S/C16H14F2O2/c1-3-20-15-7-4-10(2)8-13(15)16(19)12-6-5-11(17)9-14(12)18/h4-9H,3H2,1-2H3. The molecule has 0 bridgehead atoms. The number of rotatable bonds is 4. The number of aryl methyl sites for hydroxylation is 1. The van der Waals surface area contributed by atoms with Crippen LogP contribution in [0.2, 0.25) is 0 Å². The summed E-state index contributed by atoms with van der Waals surface area (Å²) < 4.78 is 32.0. The zero-order valence-electron chi connectivity index (χ0n) is 11.2. The second-order valence-electron chi connectivity index (χ2n) is 4.39. The van der Waals surface area contributed by atoms with E-state index in [4.69, 9.17) is 4.74 Å². The van der Waals surface area contributed by atoms with Crippen molar-refractivity contribution in [3.8, 4) is 5.75 Å². The maximum absolute atomic E-state index is 13.7. The van der Waals surface area contributed by atoms with E-state index in [9.17, 15) is 13.6 Å². The molecule has 0 amide bonds.